The zero-order valence-electron chi connectivity index (χ0n) is 13.3. The lowest BCUT2D eigenvalue weighted by Gasteiger charge is -2.26. The van der Waals surface area contributed by atoms with Crippen LogP contribution in [0.5, 0.6) is 0 Å². The van der Waals surface area contributed by atoms with Crippen molar-refractivity contribution in [2.24, 2.45) is 0 Å². The molecule has 122 valence electrons. The summed E-state index contributed by atoms with van der Waals surface area (Å²) in [4.78, 5) is 18.6. The maximum absolute atomic E-state index is 12.9. The predicted octanol–water partition coefficient (Wildman–Crippen LogP) is 3.45. The minimum Gasteiger partial charge on any atom is -0.354 e. The largest absolute Gasteiger partial charge is 0.354 e. The minimum atomic E-state index is -0.275. The van der Waals surface area contributed by atoms with E-state index in [1.165, 1.54) is 23.5 Å². The van der Waals surface area contributed by atoms with Crippen LogP contribution >= 0.6 is 11.3 Å². The van der Waals surface area contributed by atoms with Gasteiger partial charge in [-0.15, -0.1) is 11.3 Å². The fourth-order valence-electron chi connectivity index (χ4n) is 3.79. The lowest BCUT2D eigenvalue weighted by Crippen LogP contribution is -2.43. The molecule has 1 amide bonds. The van der Waals surface area contributed by atoms with Gasteiger partial charge in [0.25, 0.3) is 0 Å². The van der Waals surface area contributed by atoms with Crippen molar-refractivity contribution in [2.45, 2.75) is 56.4 Å². The lowest BCUT2D eigenvalue weighted by molar-refractivity contribution is -0.126. The Bertz CT molecular complexity index is 666. The maximum atomic E-state index is 12.9. The molecular formula is C18H23N3OS. The average Bonchev–Trinajstić information content (AvgIpc) is 3.04. The number of hydrogen-bond acceptors (Lipinski definition) is 3. The Hall–Kier alpha value is -1.62. The monoisotopic (exact) mass is 329 g/mol. The molecule has 0 bridgehead atoms. The first kappa shape index (κ1) is 14.9. The van der Waals surface area contributed by atoms with Gasteiger partial charge in [0.1, 0.15) is 5.82 Å². The summed E-state index contributed by atoms with van der Waals surface area (Å²) >= 11 is 1.72. The van der Waals surface area contributed by atoms with Crippen LogP contribution in [-0.2, 0) is 16.8 Å². The number of imidazole rings is 1. The number of aromatic nitrogens is 2. The molecule has 2 saturated carbocycles. The second kappa shape index (κ2) is 6.11. The Balaban J connectivity index is 1.40. The van der Waals surface area contributed by atoms with Crippen LogP contribution in [0.15, 0.2) is 29.9 Å². The fourth-order valence-corrected chi connectivity index (χ4v) is 4.77. The zero-order chi connectivity index (χ0) is 15.7. The number of hydrogen-bond donors (Lipinski definition) is 1. The van der Waals surface area contributed by atoms with E-state index in [1.807, 2.05) is 12.4 Å². The molecule has 4 rings (SSSR count). The van der Waals surface area contributed by atoms with Gasteiger partial charge in [-0.2, -0.15) is 0 Å². The molecule has 1 N–H and O–H groups in total. The van der Waals surface area contributed by atoms with Crippen LogP contribution < -0.4 is 5.32 Å². The summed E-state index contributed by atoms with van der Waals surface area (Å²) in [5, 5.41) is 5.28. The lowest BCUT2D eigenvalue weighted by atomic mass is 9.83. The summed E-state index contributed by atoms with van der Waals surface area (Å²) in [6, 6.07) is 4.18. The Morgan fingerprint density at radius 2 is 2.22 bits per heavy atom. The molecule has 0 unspecified atom stereocenters. The van der Waals surface area contributed by atoms with E-state index >= 15 is 0 Å². The molecule has 0 spiro atoms. The van der Waals surface area contributed by atoms with Gasteiger partial charge in [-0.05, 0) is 37.1 Å². The topological polar surface area (TPSA) is 46.9 Å². The molecule has 0 saturated heterocycles. The Morgan fingerprint density at radius 1 is 1.39 bits per heavy atom. The number of carbonyl (C=O) groups excluding carboxylic acids is 1. The van der Waals surface area contributed by atoms with Crippen molar-refractivity contribution < 1.29 is 4.79 Å². The Kier molecular flexibility index (Phi) is 3.97. The molecule has 0 aromatic carbocycles. The van der Waals surface area contributed by atoms with Crippen LogP contribution in [0.3, 0.4) is 0 Å². The van der Waals surface area contributed by atoms with Crippen LogP contribution in [-0.4, -0.2) is 22.0 Å². The van der Waals surface area contributed by atoms with E-state index in [0.29, 0.717) is 12.5 Å². The maximum Gasteiger partial charge on any atom is 0.231 e. The van der Waals surface area contributed by atoms with Crippen molar-refractivity contribution in [2.75, 3.05) is 6.54 Å². The number of carbonyl (C=O) groups is 1. The Morgan fingerprint density at radius 3 is 2.91 bits per heavy atom. The third-order valence-corrected chi connectivity index (χ3v) is 6.29. The number of nitrogens with one attached hydrogen (secondary N) is 1. The summed E-state index contributed by atoms with van der Waals surface area (Å²) in [5.41, 5.74) is -0.275. The van der Waals surface area contributed by atoms with Crippen molar-refractivity contribution >= 4 is 17.2 Å². The molecule has 23 heavy (non-hydrogen) atoms. The third-order valence-electron chi connectivity index (χ3n) is 5.21. The standard InChI is InChI=1S/C18H23N3OS/c22-17(18(7-1-2-8-18)15-4-3-13-23-15)20-10-12-21-11-9-19-16(21)14-5-6-14/h3-4,9,11,13-14H,1-2,5-8,10,12H2,(H,20,22). The molecule has 2 aromatic heterocycles. The molecule has 2 aromatic rings. The molecule has 4 nitrogen and oxygen atoms in total. The summed E-state index contributed by atoms with van der Waals surface area (Å²) < 4.78 is 2.20. The van der Waals surface area contributed by atoms with Crippen molar-refractivity contribution in [1.82, 2.24) is 14.9 Å². The van der Waals surface area contributed by atoms with Crippen LogP contribution in [0, 0.1) is 0 Å². The van der Waals surface area contributed by atoms with Gasteiger partial charge in [0.15, 0.2) is 0 Å². The number of nitrogens with zero attached hydrogens (tertiary/aromatic N) is 2. The van der Waals surface area contributed by atoms with E-state index in [-0.39, 0.29) is 11.3 Å². The van der Waals surface area contributed by atoms with Crippen LogP contribution in [0.25, 0.3) is 0 Å². The van der Waals surface area contributed by atoms with Crippen molar-refractivity contribution in [3.8, 4) is 0 Å². The quantitative estimate of drug-likeness (QED) is 0.882. The van der Waals surface area contributed by atoms with Gasteiger partial charge in [0.05, 0.1) is 5.41 Å². The van der Waals surface area contributed by atoms with E-state index in [2.05, 4.69) is 32.4 Å². The van der Waals surface area contributed by atoms with Crippen molar-refractivity contribution in [1.29, 1.82) is 0 Å². The highest BCUT2D eigenvalue weighted by atomic mass is 32.1. The van der Waals surface area contributed by atoms with Gasteiger partial charge >= 0.3 is 0 Å². The first-order valence-corrected chi connectivity index (χ1v) is 9.51. The molecule has 2 heterocycles. The van der Waals surface area contributed by atoms with E-state index in [0.717, 1.165) is 32.2 Å². The molecule has 2 aliphatic rings. The average molecular weight is 329 g/mol. The first-order valence-electron chi connectivity index (χ1n) is 8.63. The fraction of sp³-hybridized carbons (Fsp3) is 0.556. The van der Waals surface area contributed by atoms with Gasteiger partial charge in [-0.1, -0.05) is 18.9 Å². The van der Waals surface area contributed by atoms with Crippen LogP contribution in [0.4, 0.5) is 0 Å². The highest BCUT2D eigenvalue weighted by molar-refractivity contribution is 7.10. The first-order chi connectivity index (χ1) is 11.3. The smallest absolute Gasteiger partial charge is 0.231 e. The van der Waals surface area contributed by atoms with E-state index in [1.54, 1.807) is 11.3 Å². The molecular weight excluding hydrogens is 306 g/mol. The number of rotatable bonds is 6. The van der Waals surface area contributed by atoms with Gasteiger partial charge in [-0.25, -0.2) is 4.98 Å². The predicted molar refractivity (Wildman–Crippen MR) is 91.7 cm³/mol. The van der Waals surface area contributed by atoms with Gasteiger partial charge in [-0.3, -0.25) is 4.79 Å². The number of amides is 1. The van der Waals surface area contributed by atoms with E-state index in [4.69, 9.17) is 0 Å². The summed E-state index contributed by atoms with van der Waals surface area (Å²) in [5.74, 6) is 2.05. The van der Waals surface area contributed by atoms with Crippen LogP contribution in [0.1, 0.15) is 55.1 Å². The van der Waals surface area contributed by atoms with Crippen molar-refractivity contribution in [3.05, 3.63) is 40.6 Å². The Labute approximate surface area is 140 Å². The highest BCUT2D eigenvalue weighted by Gasteiger charge is 2.43. The SMILES string of the molecule is O=C(NCCn1ccnc1C1CC1)C1(c2cccs2)CCCC1. The third kappa shape index (κ3) is 2.82. The zero-order valence-corrected chi connectivity index (χ0v) is 14.1. The molecule has 0 radical (unpaired) electrons. The van der Waals surface area contributed by atoms with Crippen LogP contribution in [0.2, 0.25) is 0 Å². The second-order valence-electron chi connectivity index (χ2n) is 6.78. The van der Waals surface area contributed by atoms with E-state index in [9.17, 15) is 4.79 Å². The summed E-state index contributed by atoms with van der Waals surface area (Å²) in [6.07, 6.45) is 10.7. The van der Waals surface area contributed by atoms with Gasteiger partial charge < -0.3 is 9.88 Å². The van der Waals surface area contributed by atoms with E-state index < -0.39 is 0 Å². The molecule has 0 atom stereocenters. The van der Waals surface area contributed by atoms with Gasteiger partial charge in [0.2, 0.25) is 5.91 Å². The second-order valence-corrected chi connectivity index (χ2v) is 7.72. The van der Waals surface area contributed by atoms with Gasteiger partial charge in [0, 0.05) is 36.3 Å². The summed E-state index contributed by atoms with van der Waals surface area (Å²) in [7, 11) is 0. The summed E-state index contributed by atoms with van der Waals surface area (Å²) in [6.45, 7) is 1.50. The highest BCUT2D eigenvalue weighted by Crippen LogP contribution is 2.43. The minimum absolute atomic E-state index is 0.213. The molecule has 2 fully saturated rings. The molecule has 2 aliphatic carbocycles. The molecule has 5 heteroatoms. The molecule has 0 aliphatic heterocycles. The normalized spacial score (nSPS) is 19.8. The van der Waals surface area contributed by atoms with Crippen molar-refractivity contribution in [3.63, 3.8) is 0 Å². The number of thiophene rings is 1.